The Morgan fingerprint density at radius 1 is 1.40 bits per heavy atom. The van der Waals surface area contributed by atoms with Crippen molar-refractivity contribution in [2.24, 2.45) is 16.7 Å². The zero-order valence-corrected chi connectivity index (χ0v) is 18.1. The quantitative estimate of drug-likeness (QED) is 0.435. The molecule has 2 aromatic rings. The van der Waals surface area contributed by atoms with E-state index in [9.17, 15) is 4.79 Å². The lowest BCUT2D eigenvalue weighted by atomic mass is 9.81. The molecule has 0 aliphatic carbocycles. The first-order valence-corrected chi connectivity index (χ1v) is 10.9. The third-order valence-electron chi connectivity index (χ3n) is 6.34. The van der Waals surface area contributed by atoms with Crippen molar-refractivity contribution in [2.75, 3.05) is 7.11 Å². The highest BCUT2D eigenvalue weighted by atomic mass is 32.1. The van der Waals surface area contributed by atoms with Gasteiger partial charge in [0.25, 0.3) is 5.91 Å². The molecule has 30 heavy (non-hydrogen) atoms. The van der Waals surface area contributed by atoms with Gasteiger partial charge in [-0.25, -0.2) is 0 Å². The molecule has 2 atom stereocenters. The number of thiophene rings is 1. The van der Waals surface area contributed by atoms with E-state index >= 15 is 0 Å². The lowest BCUT2D eigenvalue weighted by molar-refractivity contribution is -0.0818. The fourth-order valence-electron chi connectivity index (χ4n) is 4.98. The van der Waals surface area contributed by atoms with Gasteiger partial charge in [-0.05, 0) is 37.5 Å². The monoisotopic (exact) mass is 425 g/mol. The number of aromatic nitrogens is 1. The normalized spacial score (nSPS) is 26.5. The second-order valence-corrected chi connectivity index (χ2v) is 8.88. The number of piperidine rings is 1. The number of pyridine rings is 1. The van der Waals surface area contributed by atoms with Crippen molar-refractivity contribution >= 4 is 29.0 Å². The van der Waals surface area contributed by atoms with Gasteiger partial charge < -0.3 is 21.2 Å². The van der Waals surface area contributed by atoms with Crippen LogP contribution in [0.3, 0.4) is 0 Å². The summed E-state index contributed by atoms with van der Waals surface area (Å²) in [4.78, 5) is 21.0. The Bertz CT molecular complexity index is 985. The molecule has 0 spiro atoms. The largest absolute Gasteiger partial charge is 0.404 e. The molecule has 1 amide bonds. The van der Waals surface area contributed by atoms with E-state index in [1.165, 1.54) is 23.8 Å². The van der Waals surface area contributed by atoms with Gasteiger partial charge in [-0.2, -0.15) is 5.10 Å². The molecule has 2 unspecified atom stereocenters. The minimum atomic E-state index is -0.444. The predicted octanol–water partition coefficient (Wildman–Crippen LogP) is 3.00. The number of allylic oxidation sites excluding steroid dienone is 1. The number of methoxy groups -OCH3 is 1. The lowest BCUT2D eigenvalue weighted by Crippen LogP contribution is -2.53. The third-order valence-corrected chi connectivity index (χ3v) is 7.32. The van der Waals surface area contributed by atoms with E-state index in [2.05, 4.69) is 28.0 Å². The summed E-state index contributed by atoms with van der Waals surface area (Å²) in [5.74, 6) is 5.32. The van der Waals surface area contributed by atoms with Crippen LogP contribution in [0.15, 0.2) is 41.1 Å². The van der Waals surface area contributed by atoms with Gasteiger partial charge in [0.2, 0.25) is 0 Å². The summed E-state index contributed by atoms with van der Waals surface area (Å²) >= 11 is 1.46. The van der Waals surface area contributed by atoms with Crippen molar-refractivity contribution in [3.05, 3.63) is 57.7 Å². The molecule has 2 aromatic heterocycles. The second kappa shape index (κ2) is 8.20. The predicted molar refractivity (Wildman–Crippen MR) is 119 cm³/mol. The van der Waals surface area contributed by atoms with E-state index in [1.807, 2.05) is 23.7 Å². The van der Waals surface area contributed by atoms with Crippen LogP contribution < -0.4 is 11.6 Å². The summed E-state index contributed by atoms with van der Waals surface area (Å²) in [5.41, 5.74) is 8.72. The highest BCUT2D eigenvalue weighted by Gasteiger charge is 2.52. The van der Waals surface area contributed by atoms with E-state index in [0.717, 1.165) is 41.8 Å². The standard InChI is InChI=1S/C22H27N5O2S/c1-14-4-3-7-25-20(14)22(29-2)9-17-5-6-18(10-22)27(17)21(28)15-8-19(30-13-15)16(11-23)12-26-24/h3-4,7-8,11-13,17-18H,5-6,9-10,23-24H2,1-2H3. The Hall–Kier alpha value is -2.71. The number of hydrogen-bond acceptors (Lipinski definition) is 7. The number of ether oxygens (including phenoxy) is 1. The topological polar surface area (TPSA) is 107 Å². The summed E-state index contributed by atoms with van der Waals surface area (Å²) < 4.78 is 6.09. The third kappa shape index (κ3) is 3.40. The highest BCUT2D eigenvalue weighted by Crippen LogP contribution is 2.48. The highest BCUT2D eigenvalue weighted by molar-refractivity contribution is 7.11. The number of fused-ring (bicyclic) bond motifs is 2. The molecule has 2 bridgehead atoms. The number of rotatable bonds is 5. The SMILES string of the molecule is COC1(c2ncccc2C)CC2CCC(C1)N2C(=O)c1csc(C(C=NN)=CN)c1. The van der Waals surface area contributed by atoms with E-state index in [0.29, 0.717) is 11.1 Å². The zero-order valence-electron chi connectivity index (χ0n) is 17.2. The molecule has 7 nitrogen and oxygen atoms in total. The Morgan fingerprint density at radius 2 is 2.13 bits per heavy atom. The van der Waals surface area contributed by atoms with Crippen molar-refractivity contribution in [3.63, 3.8) is 0 Å². The van der Waals surface area contributed by atoms with Crippen molar-refractivity contribution in [3.8, 4) is 0 Å². The number of hydrazone groups is 1. The first-order valence-electron chi connectivity index (χ1n) is 10.1. The van der Waals surface area contributed by atoms with Gasteiger partial charge in [0.15, 0.2) is 0 Å². The lowest BCUT2D eigenvalue weighted by Gasteiger charge is -2.45. The molecule has 2 aliphatic heterocycles. The smallest absolute Gasteiger partial charge is 0.255 e. The van der Waals surface area contributed by atoms with Crippen molar-refractivity contribution in [1.29, 1.82) is 0 Å². The molecule has 0 radical (unpaired) electrons. The van der Waals surface area contributed by atoms with Crippen LogP contribution in [0.5, 0.6) is 0 Å². The number of nitrogens with zero attached hydrogens (tertiary/aromatic N) is 3. The molecule has 4 N–H and O–H groups in total. The van der Waals surface area contributed by atoms with Crippen molar-refractivity contribution in [2.45, 2.75) is 50.3 Å². The molecule has 4 heterocycles. The maximum absolute atomic E-state index is 13.4. The van der Waals surface area contributed by atoms with Crippen molar-refractivity contribution < 1.29 is 9.53 Å². The van der Waals surface area contributed by atoms with Gasteiger partial charge in [0.05, 0.1) is 17.5 Å². The molecule has 4 rings (SSSR count). The molecule has 8 heteroatoms. The van der Waals surface area contributed by atoms with E-state index in [1.54, 1.807) is 7.11 Å². The van der Waals surface area contributed by atoms with Crippen LogP contribution in [0.1, 0.15) is 52.2 Å². The molecular formula is C22H27N5O2S. The number of carbonyl (C=O) groups excluding carboxylic acids is 1. The van der Waals surface area contributed by atoms with Gasteiger partial charge in [-0.15, -0.1) is 11.3 Å². The summed E-state index contributed by atoms with van der Waals surface area (Å²) in [6, 6.07) is 6.16. The molecule has 0 aromatic carbocycles. The summed E-state index contributed by atoms with van der Waals surface area (Å²) in [6.45, 7) is 2.07. The Balaban J connectivity index is 1.59. The maximum Gasteiger partial charge on any atom is 0.255 e. The van der Waals surface area contributed by atoms with Gasteiger partial charge in [-0.3, -0.25) is 9.78 Å². The minimum Gasteiger partial charge on any atom is -0.404 e. The van der Waals surface area contributed by atoms with Crippen LogP contribution in [0.25, 0.3) is 5.57 Å². The van der Waals surface area contributed by atoms with Gasteiger partial charge in [-0.1, -0.05) is 6.07 Å². The second-order valence-electron chi connectivity index (χ2n) is 7.97. The fourth-order valence-corrected chi connectivity index (χ4v) is 5.85. The summed E-state index contributed by atoms with van der Waals surface area (Å²) in [5, 5.41) is 5.42. The van der Waals surface area contributed by atoms with Crippen LogP contribution in [-0.4, -0.2) is 41.2 Å². The summed E-state index contributed by atoms with van der Waals surface area (Å²) in [6.07, 6.45) is 8.25. The molecule has 0 saturated carbocycles. The van der Waals surface area contributed by atoms with E-state index in [-0.39, 0.29) is 18.0 Å². The molecular weight excluding hydrogens is 398 g/mol. The van der Waals surface area contributed by atoms with Gasteiger partial charge in [0, 0.05) is 60.3 Å². The number of aryl methyl sites for hydroxylation is 1. The van der Waals surface area contributed by atoms with Gasteiger partial charge in [0.1, 0.15) is 5.60 Å². The minimum absolute atomic E-state index is 0.0634. The molecule has 2 saturated heterocycles. The Kier molecular flexibility index (Phi) is 5.62. The van der Waals surface area contributed by atoms with E-state index in [4.69, 9.17) is 16.3 Å². The molecule has 2 aliphatic rings. The number of amides is 1. The van der Waals surface area contributed by atoms with Crippen LogP contribution in [0.4, 0.5) is 0 Å². The average molecular weight is 426 g/mol. The number of hydrogen-bond donors (Lipinski definition) is 2. The summed E-state index contributed by atoms with van der Waals surface area (Å²) in [7, 11) is 1.76. The first kappa shape index (κ1) is 20.6. The van der Waals surface area contributed by atoms with Crippen molar-refractivity contribution in [1.82, 2.24) is 9.88 Å². The first-order chi connectivity index (χ1) is 14.5. The maximum atomic E-state index is 13.4. The van der Waals surface area contributed by atoms with Crippen LogP contribution in [-0.2, 0) is 10.3 Å². The zero-order chi connectivity index (χ0) is 21.3. The van der Waals surface area contributed by atoms with Crippen LogP contribution in [0.2, 0.25) is 0 Å². The molecule has 158 valence electrons. The van der Waals surface area contributed by atoms with E-state index < -0.39 is 5.60 Å². The van der Waals surface area contributed by atoms with Gasteiger partial charge >= 0.3 is 0 Å². The Morgan fingerprint density at radius 3 is 2.73 bits per heavy atom. The fraction of sp³-hybridized carbons (Fsp3) is 0.409. The average Bonchev–Trinajstić information content (AvgIpc) is 3.35. The van der Waals surface area contributed by atoms with Crippen LogP contribution in [0, 0.1) is 6.92 Å². The number of nitrogens with two attached hydrogens (primary N) is 2. The van der Waals surface area contributed by atoms with Crippen LogP contribution >= 0.6 is 11.3 Å². The number of carbonyl (C=O) groups is 1. The Labute approximate surface area is 180 Å². The molecule has 2 fully saturated rings.